The molecule has 6 heteroatoms. The molecule has 1 amide bonds. The van der Waals surface area contributed by atoms with Gasteiger partial charge in [-0.15, -0.1) is 0 Å². The van der Waals surface area contributed by atoms with Crippen molar-refractivity contribution in [1.29, 1.82) is 0 Å². The number of rotatable bonds is 13. The number of primary amides is 1. The van der Waals surface area contributed by atoms with E-state index < -0.39 is 6.04 Å². The number of nitrogens with two attached hydrogens (primary N) is 1. The number of amides is 1. The average Bonchev–Trinajstić information content (AvgIpc) is 2.85. The van der Waals surface area contributed by atoms with Gasteiger partial charge in [-0.25, -0.2) is 0 Å². The molecule has 0 spiro atoms. The molecule has 0 heterocycles. The van der Waals surface area contributed by atoms with Crippen LogP contribution in [0.5, 0.6) is 5.75 Å². The van der Waals surface area contributed by atoms with Gasteiger partial charge in [0.2, 0.25) is 5.91 Å². The number of para-hydroxylation sites is 1. The Morgan fingerprint density at radius 3 is 1.94 bits per heavy atom. The summed E-state index contributed by atoms with van der Waals surface area (Å²) in [6, 6.07) is 28.6. The lowest BCUT2D eigenvalue weighted by Gasteiger charge is -2.31. The Morgan fingerprint density at radius 2 is 1.35 bits per heavy atom. The van der Waals surface area contributed by atoms with E-state index in [1.54, 1.807) is 12.1 Å². The first-order chi connectivity index (χ1) is 16.5. The molecule has 2 N–H and O–H groups in total. The Hall–Kier alpha value is -3.48. The standard InChI is InChI=1S/C28H33N3O3/c1-30(18-17-27(32)34-25-15-9-4-10-16-25)19-20-31(22-24-13-7-3-8-14-24)26(28(29)33)21-23-11-5-2-6-12-23/h2-16,26H,17-22H2,1H3,(H2,29,33)/t26-/m0/s1. The zero-order valence-electron chi connectivity index (χ0n) is 19.7. The van der Waals surface area contributed by atoms with E-state index in [-0.39, 0.29) is 18.3 Å². The minimum atomic E-state index is -0.431. The first-order valence-electron chi connectivity index (χ1n) is 11.6. The fraction of sp³-hybridized carbons (Fsp3) is 0.286. The van der Waals surface area contributed by atoms with E-state index in [1.807, 2.05) is 73.8 Å². The topological polar surface area (TPSA) is 75.9 Å². The van der Waals surface area contributed by atoms with Crippen molar-refractivity contribution in [2.24, 2.45) is 5.73 Å². The molecule has 3 rings (SSSR count). The fourth-order valence-corrected chi connectivity index (χ4v) is 3.77. The first kappa shape index (κ1) is 25.1. The molecule has 0 aliphatic rings. The number of hydrogen-bond donors (Lipinski definition) is 1. The number of likely N-dealkylation sites (N-methyl/N-ethyl adjacent to an activating group) is 1. The molecule has 0 aliphatic heterocycles. The highest BCUT2D eigenvalue weighted by molar-refractivity contribution is 5.80. The molecule has 0 saturated carbocycles. The number of carbonyl (C=O) groups is 2. The lowest BCUT2D eigenvalue weighted by Crippen LogP contribution is -2.48. The van der Waals surface area contributed by atoms with Gasteiger partial charge >= 0.3 is 5.97 Å². The van der Waals surface area contributed by atoms with Crippen LogP contribution in [0, 0.1) is 0 Å². The monoisotopic (exact) mass is 459 g/mol. The normalized spacial score (nSPS) is 12.0. The van der Waals surface area contributed by atoms with Crippen LogP contribution in [0.2, 0.25) is 0 Å². The molecule has 0 radical (unpaired) electrons. The van der Waals surface area contributed by atoms with Crippen LogP contribution in [0.15, 0.2) is 91.0 Å². The number of nitrogens with zero attached hydrogens (tertiary/aromatic N) is 2. The van der Waals surface area contributed by atoms with Crippen molar-refractivity contribution in [3.05, 3.63) is 102 Å². The van der Waals surface area contributed by atoms with Gasteiger partial charge in [0.05, 0.1) is 12.5 Å². The van der Waals surface area contributed by atoms with Gasteiger partial charge in [-0.2, -0.15) is 0 Å². The minimum Gasteiger partial charge on any atom is -0.426 e. The van der Waals surface area contributed by atoms with Crippen molar-refractivity contribution in [2.45, 2.75) is 25.4 Å². The second-order valence-electron chi connectivity index (χ2n) is 8.40. The SMILES string of the molecule is CN(CCC(=O)Oc1ccccc1)CCN(Cc1ccccc1)[C@@H](Cc1ccccc1)C(N)=O. The van der Waals surface area contributed by atoms with Crippen LogP contribution in [0.4, 0.5) is 0 Å². The number of benzene rings is 3. The van der Waals surface area contributed by atoms with E-state index in [2.05, 4.69) is 21.9 Å². The first-order valence-corrected chi connectivity index (χ1v) is 11.6. The van der Waals surface area contributed by atoms with E-state index in [1.165, 1.54) is 0 Å². The smallest absolute Gasteiger partial charge is 0.312 e. The molecule has 0 aromatic heterocycles. The molecule has 3 aromatic rings. The number of esters is 1. The molecule has 0 fully saturated rings. The Kier molecular flexibility index (Phi) is 9.82. The van der Waals surface area contributed by atoms with Crippen LogP contribution < -0.4 is 10.5 Å². The summed E-state index contributed by atoms with van der Waals surface area (Å²) in [7, 11) is 1.97. The highest BCUT2D eigenvalue weighted by atomic mass is 16.5. The zero-order valence-corrected chi connectivity index (χ0v) is 19.7. The molecule has 0 bridgehead atoms. The lowest BCUT2D eigenvalue weighted by atomic mass is 10.0. The van der Waals surface area contributed by atoms with Gasteiger partial charge < -0.3 is 15.4 Å². The molecule has 178 valence electrons. The summed E-state index contributed by atoms with van der Waals surface area (Å²) in [6.45, 7) is 2.50. The molecular formula is C28H33N3O3. The van der Waals surface area contributed by atoms with Crippen molar-refractivity contribution < 1.29 is 14.3 Å². The Bertz CT molecular complexity index is 1010. The maximum Gasteiger partial charge on any atom is 0.312 e. The van der Waals surface area contributed by atoms with E-state index in [0.717, 1.165) is 11.1 Å². The predicted octanol–water partition coefficient (Wildman–Crippen LogP) is 3.51. The van der Waals surface area contributed by atoms with Crippen LogP contribution in [-0.2, 0) is 22.6 Å². The van der Waals surface area contributed by atoms with Gasteiger partial charge in [0, 0.05) is 26.2 Å². The van der Waals surface area contributed by atoms with E-state index in [9.17, 15) is 9.59 Å². The number of hydrogen-bond acceptors (Lipinski definition) is 5. The van der Waals surface area contributed by atoms with E-state index in [4.69, 9.17) is 10.5 Å². The Morgan fingerprint density at radius 1 is 0.794 bits per heavy atom. The van der Waals surface area contributed by atoms with Crippen molar-refractivity contribution >= 4 is 11.9 Å². The average molecular weight is 460 g/mol. The van der Waals surface area contributed by atoms with Gasteiger partial charge in [-0.05, 0) is 36.7 Å². The van der Waals surface area contributed by atoms with Gasteiger partial charge in [-0.1, -0.05) is 78.9 Å². The minimum absolute atomic E-state index is 0.265. The van der Waals surface area contributed by atoms with Gasteiger partial charge in [0.1, 0.15) is 5.75 Å². The highest BCUT2D eigenvalue weighted by Gasteiger charge is 2.24. The highest BCUT2D eigenvalue weighted by Crippen LogP contribution is 2.14. The maximum absolute atomic E-state index is 12.5. The zero-order chi connectivity index (χ0) is 24.2. The van der Waals surface area contributed by atoms with Crippen molar-refractivity contribution in [2.75, 3.05) is 26.7 Å². The third kappa shape index (κ3) is 8.46. The Balaban J connectivity index is 1.59. The van der Waals surface area contributed by atoms with Crippen LogP contribution in [0.1, 0.15) is 17.5 Å². The second kappa shape index (κ2) is 13.3. The van der Waals surface area contributed by atoms with Gasteiger partial charge in [0.25, 0.3) is 0 Å². The molecule has 6 nitrogen and oxygen atoms in total. The molecule has 0 unspecified atom stereocenters. The van der Waals surface area contributed by atoms with Gasteiger partial charge in [-0.3, -0.25) is 14.5 Å². The van der Waals surface area contributed by atoms with Crippen LogP contribution in [-0.4, -0.2) is 54.4 Å². The molecule has 0 aliphatic carbocycles. The summed E-state index contributed by atoms with van der Waals surface area (Å²) in [4.78, 5) is 28.9. The maximum atomic E-state index is 12.5. The summed E-state index contributed by atoms with van der Waals surface area (Å²) in [5.41, 5.74) is 8.05. The van der Waals surface area contributed by atoms with E-state index >= 15 is 0 Å². The lowest BCUT2D eigenvalue weighted by molar-refractivity contribution is -0.134. The van der Waals surface area contributed by atoms with Crippen molar-refractivity contribution in [1.82, 2.24) is 9.80 Å². The summed E-state index contributed by atoms with van der Waals surface area (Å²) >= 11 is 0. The Labute approximate surface area is 201 Å². The van der Waals surface area contributed by atoms with Gasteiger partial charge in [0.15, 0.2) is 0 Å². The summed E-state index contributed by atoms with van der Waals surface area (Å²) < 4.78 is 5.37. The molecule has 0 saturated heterocycles. The molecular weight excluding hydrogens is 426 g/mol. The largest absolute Gasteiger partial charge is 0.426 e. The summed E-state index contributed by atoms with van der Waals surface area (Å²) in [5.74, 6) is -0.0541. The molecule has 1 atom stereocenters. The van der Waals surface area contributed by atoms with Crippen LogP contribution >= 0.6 is 0 Å². The summed E-state index contributed by atoms with van der Waals surface area (Å²) in [6.07, 6.45) is 0.837. The summed E-state index contributed by atoms with van der Waals surface area (Å²) in [5, 5.41) is 0. The van der Waals surface area contributed by atoms with Crippen molar-refractivity contribution in [3.8, 4) is 5.75 Å². The van der Waals surface area contributed by atoms with Crippen LogP contribution in [0.25, 0.3) is 0 Å². The molecule has 3 aromatic carbocycles. The van der Waals surface area contributed by atoms with Crippen LogP contribution in [0.3, 0.4) is 0 Å². The van der Waals surface area contributed by atoms with E-state index in [0.29, 0.717) is 38.3 Å². The fourth-order valence-electron chi connectivity index (χ4n) is 3.77. The number of carbonyl (C=O) groups excluding carboxylic acids is 2. The third-order valence-electron chi connectivity index (χ3n) is 5.71. The number of ether oxygens (including phenoxy) is 1. The predicted molar refractivity (Wildman–Crippen MR) is 134 cm³/mol. The van der Waals surface area contributed by atoms with Crippen molar-refractivity contribution in [3.63, 3.8) is 0 Å². The quantitative estimate of drug-likeness (QED) is 0.313. The third-order valence-corrected chi connectivity index (χ3v) is 5.71. The second-order valence-corrected chi connectivity index (χ2v) is 8.40. The molecule has 34 heavy (non-hydrogen) atoms.